The monoisotopic (exact) mass is 322 g/mol. The molecule has 0 spiro atoms. The molecule has 0 aliphatic heterocycles. The van der Waals surface area contributed by atoms with Crippen molar-refractivity contribution in [2.45, 2.75) is 44.6 Å². The highest BCUT2D eigenvalue weighted by molar-refractivity contribution is 5.14. The molecule has 1 atom stereocenters. The standard InChI is InChI=1S/C19H21F3O/c20-19(21,22)18(23-15-17-12-5-2-6-13-17)14-8-7-11-16-9-3-1-4-10-16/h1-6,9-10,12-13,18H,7-8,11,14-15H2/t18-/m1/s1. The summed E-state index contributed by atoms with van der Waals surface area (Å²) in [6, 6.07) is 18.7. The first-order valence-electron chi connectivity index (χ1n) is 7.82. The summed E-state index contributed by atoms with van der Waals surface area (Å²) in [5.41, 5.74) is 1.91. The molecule has 23 heavy (non-hydrogen) atoms. The molecule has 0 radical (unpaired) electrons. The fourth-order valence-corrected chi connectivity index (χ4v) is 2.42. The first-order valence-corrected chi connectivity index (χ1v) is 7.82. The Labute approximate surface area is 135 Å². The number of hydrogen-bond acceptors (Lipinski definition) is 1. The van der Waals surface area contributed by atoms with E-state index in [9.17, 15) is 13.2 Å². The van der Waals surface area contributed by atoms with Gasteiger partial charge in [0.05, 0.1) is 6.61 Å². The number of aryl methyl sites for hydroxylation is 1. The minimum Gasteiger partial charge on any atom is -0.364 e. The fraction of sp³-hybridized carbons (Fsp3) is 0.368. The van der Waals surface area contributed by atoms with E-state index in [0.29, 0.717) is 6.42 Å². The van der Waals surface area contributed by atoms with E-state index in [2.05, 4.69) is 0 Å². The number of rotatable bonds is 8. The number of unbranched alkanes of at least 4 members (excludes halogenated alkanes) is 1. The summed E-state index contributed by atoms with van der Waals surface area (Å²) >= 11 is 0. The van der Waals surface area contributed by atoms with Crippen molar-refractivity contribution in [3.05, 3.63) is 71.8 Å². The van der Waals surface area contributed by atoms with E-state index in [-0.39, 0.29) is 13.0 Å². The predicted octanol–water partition coefficient (Wildman–Crippen LogP) is 5.55. The van der Waals surface area contributed by atoms with Crippen LogP contribution in [-0.2, 0) is 17.8 Å². The maximum atomic E-state index is 13.0. The van der Waals surface area contributed by atoms with Crippen LogP contribution in [0, 0.1) is 0 Å². The third-order valence-electron chi connectivity index (χ3n) is 3.68. The van der Waals surface area contributed by atoms with Crippen LogP contribution in [0.3, 0.4) is 0 Å². The van der Waals surface area contributed by atoms with Crippen LogP contribution in [0.1, 0.15) is 30.4 Å². The molecule has 2 rings (SSSR count). The number of ether oxygens (including phenoxy) is 1. The Morgan fingerprint density at radius 1 is 0.783 bits per heavy atom. The van der Waals surface area contributed by atoms with Gasteiger partial charge >= 0.3 is 6.18 Å². The van der Waals surface area contributed by atoms with Crippen molar-refractivity contribution in [3.8, 4) is 0 Å². The highest BCUT2D eigenvalue weighted by atomic mass is 19.4. The second-order valence-electron chi connectivity index (χ2n) is 5.56. The molecule has 0 heterocycles. The minimum absolute atomic E-state index is 0.00314. The number of halogens is 3. The van der Waals surface area contributed by atoms with Crippen molar-refractivity contribution in [2.75, 3.05) is 0 Å². The Hall–Kier alpha value is -1.81. The van der Waals surface area contributed by atoms with Gasteiger partial charge in [0.2, 0.25) is 0 Å². The van der Waals surface area contributed by atoms with Crippen LogP contribution < -0.4 is 0 Å². The average molecular weight is 322 g/mol. The Kier molecular flexibility index (Phi) is 6.66. The van der Waals surface area contributed by atoms with Gasteiger partial charge in [0.15, 0.2) is 6.10 Å². The van der Waals surface area contributed by atoms with E-state index >= 15 is 0 Å². The number of alkyl halides is 3. The molecule has 0 N–H and O–H groups in total. The molecule has 2 aromatic rings. The molecular formula is C19H21F3O. The molecule has 0 aromatic heterocycles. The molecule has 0 saturated carbocycles. The van der Waals surface area contributed by atoms with Crippen LogP contribution in [0.15, 0.2) is 60.7 Å². The van der Waals surface area contributed by atoms with E-state index < -0.39 is 12.3 Å². The van der Waals surface area contributed by atoms with Crippen LogP contribution in [-0.4, -0.2) is 12.3 Å². The molecule has 0 unspecified atom stereocenters. The largest absolute Gasteiger partial charge is 0.414 e. The lowest BCUT2D eigenvalue weighted by atomic mass is 10.1. The zero-order valence-electron chi connectivity index (χ0n) is 12.9. The third kappa shape index (κ3) is 6.45. The summed E-state index contributed by atoms with van der Waals surface area (Å²) in [5, 5.41) is 0. The Balaban J connectivity index is 1.77. The van der Waals surface area contributed by atoms with E-state index in [0.717, 1.165) is 24.0 Å². The number of hydrogen-bond donors (Lipinski definition) is 0. The quantitative estimate of drug-likeness (QED) is 0.579. The molecule has 124 valence electrons. The van der Waals surface area contributed by atoms with Crippen molar-refractivity contribution in [3.63, 3.8) is 0 Å². The molecule has 0 fully saturated rings. The summed E-state index contributed by atoms with van der Waals surface area (Å²) in [7, 11) is 0. The van der Waals surface area contributed by atoms with E-state index in [1.807, 2.05) is 36.4 Å². The molecule has 1 nitrogen and oxygen atoms in total. The van der Waals surface area contributed by atoms with Gasteiger partial charge in [-0.2, -0.15) is 13.2 Å². The van der Waals surface area contributed by atoms with Crippen LogP contribution in [0.2, 0.25) is 0 Å². The molecule has 0 saturated heterocycles. The van der Waals surface area contributed by atoms with Crippen molar-refractivity contribution in [1.82, 2.24) is 0 Å². The molecular weight excluding hydrogens is 301 g/mol. The normalized spacial score (nSPS) is 13.0. The maximum Gasteiger partial charge on any atom is 0.414 e. The first-order chi connectivity index (χ1) is 11.1. The molecule has 0 amide bonds. The van der Waals surface area contributed by atoms with Gasteiger partial charge in [-0.1, -0.05) is 67.1 Å². The lowest BCUT2D eigenvalue weighted by molar-refractivity contribution is -0.225. The summed E-state index contributed by atoms with van der Waals surface area (Å²) in [5.74, 6) is 0. The molecule has 0 aliphatic carbocycles. The van der Waals surface area contributed by atoms with Gasteiger partial charge in [-0.05, 0) is 30.4 Å². The van der Waals surface area contributed by atoms with Crippen molar-refractivity contribution < 1.29 is 17.9 Å². The van der Waals surface area contributed by atoms with Gasteiger partial charge in [-0.25, -0.2) is 0 Å². The van der Waals surface area contributed by atoms with Crippen LogP contribution in [0.4, 0.5) is 13.2 Å². The van der Waals surface area contributed by atoms with Crippen molar-refractivity contribution in [1.29, 1.82) is 0 Å². The Morgan fingerprint density at radius 3 is 1.91 bits per heavy atom. The van der Waals surface area contributed by atoms with Gasteiger partial charge in [-0.15, -0.1) is 0 Å². The van der Waals surface area contributed by atoms with E-state index in [1.165, 1.54) is 0 Å². The molecule has 2 aromatic carbocycles. The first kappa shape index (κ1) is 17.5. The molecule has 4 heteroatoms. The fourth-order valence-electron chi connectivity index (χ4n) is 2.42. The minimum atomic E-state index is -4.32. The lowest BCUT2D eigenvalue weighted by Crippen LogP contribution is -2.31. The van der Waals surface area contributed by atoms with Crippen LogP contribution in [0.25, 0.3) is 0 Å². The summed E-state index contributed by atoms with van der Waals surface area (Å²) in [6.07, 6.45) is -3.99. The Bertz CT molecular complexity index is 552. The smallest absolute Gasteiger partial charge is 0.364 e. The second kappa shape index (κ2) is 8.73. The predicted molar refractivity (Wildman–Crippen MR) is 85.1 cm³/mol. The zero-order chi connectivity index (χ0) is 16.5. The average Bonchev–Trinajstić information content (AvgIpc) is 2.55. The van der Waals surface area contributed by atoms with Crippen molar-refractivity contribution in [2.24, 2.45) is 0 Å². The lowest BCUT2D eigenvalue weighted by Gasteiger charge is -2.21. The zero-order valence-corrected chi connectivity index (χ0v) is 12.9. The van der Waals surface area contributed by atoms with Crippen LogP contribution in [0.5, 0.6) is 0 Å². The summed E-state index contributed by atoms with van der Waals surface area (Å²) in [4.78, 5) is 0. The molecule has 0 aliphatic rings. The Morgan fingerprint density at radius 2 is 1.35 bits per heavy atom. The SMILES string of the molecule is FC(F)(F)[C@@H](CCCCc1ccccc1)OCc1ccccc1. The maximum absolute atomic E-state index is 13.0. The van der Waals surface area contributed by atoms with Crippen molar-refractivity contribution >= 4 is 0 Å². The van der Waals surface area contributed by atoms with Gasteiger partial charge in [0.1, 0.15) is 0 Å². The van der Waals surface area contributed by atoms with Gasteiger partial charge in [-0.3, -0.25) is 0 Å². The van der Waals surface area contributed by atoms with E-state index in [1.54, 1.807) is 24.3 Å². The summed E-state index contributed by atoms with van der Waals surface area (Å²) < 4.78 is 44.3. The third-order valence-corrected chi connectivity index (χ3v) is 3.68. The highest BCUT2D eigenvalue weighted by Gasteiger charge is 2.39. The summed E-state index contributed by atoms with van der Waals surface area (Å²) in [6.45, 7) is -0.0102. The topological polar surface area (TPSA) is 9.23 Å². The van der Waals surface area contributed by atoms with Gasteiger partial charge < -0.3 is 4.74 Å². The van der Waals surface area contributed by atoms with Crippen LogP contribution >= 0.6 is 0 Å². The number of benzene rings is 2. The molecule has 0 bridgehead atoms. The van der Waals surface area contributed by atoms with Gasteiger partial charge in [0.25, 0.3) is 0 Å². The van der Waals surface area contributed by atoms with Gasteiger partial charge in [0, 0.05) is 0 Å². The second-order valence-corrected chi connectivity index (χ2v) is 5.56. The highest BCUT2D eigenvalue weighted by Crippen LogP contribution is 2.28. The van der Waals surface area contributed by atoms with E-state index in [4.69, 9.17) is 4.74 Å².